The molecule has 0 amide bonds. The quantitative estimate of drug-likeness (QED) is 0.282. The average molecular weight is 210 g/mol. The molecule has 0 fully saturated rings. The molecule has 0 radical (unpaired) electrons. The van der Waals surface area contributed by atoms with Crippen molar-refractivity contribution in [2.45, 2.75) is 30.8 Å². The van der Waals surface area contributed by atoms with Gasteiger partial charge in [-0.15, -0.1) is 0 Å². The van der Waals surface area contributed by atoms with Gasteiger partial charge < -0.3 is 30.6 Å². The summed E-state index contributed by atoms with van der Waals surface area (Å²) in [5, 5.41) is 53.2. The first-order chi connectivity index (χ1) is 6.25. The van der Waals surface area contributed by atoms with E-state index in [9.17, 15) is 15.0 Å². The summed E-state index contributed by atoms with van der Waals surface area (Å²) in [6, 6.07) is 0. The van der Waals surface area contributed by atoms with Crippen LogP contribution in [0.3, 0.4) is 0 Å². The van der Waals surface area contributed by atoms with E-state index in [1.807, 2.05) is 0 Å². The van der Waals surface area contributed by atoms with Crippen LogP contribution in [0.5, 0.6) is 0 Å². The fourth-order valence-electron chi connectivity index (χ4n) is 0.901. The molecule has 84 valence electrons. The minimum atomic E-state index is -2.44. The molecule has 0 bridgehead atoms. The molecule has 0 unspecified atom stereocenters. The number of carboxylic acids is 1. The summed E-state index contributed by atoms with van der Waals surface area (Å²) in [4.78, 5) is 10.3. The maximum atomic E-state index is 10.3. The van der Waals surface area contributed by atoms with E-state index in [4.69, 9.17) is 20.4 Å². The lowest BCUT2D eigenvalue weighted by atomic mass is 9.89. The van der Waals surface area contributed by atoms with E-state index in [-0.39, 0.29) is 0 Å². The van der Waals surface area contributed by atoms with Crippen LogP contribution in [-0.4, -0.2) is 67.1 Å². The normalized spacial score (nSPS) is 22.1. The van der Waals surface area contributed by atoms with Crippen molar-refractivity contribution >= 4 is 5.97 Å². The van der Waals surface area contributed by atoms with Crippen molar-refractivity contribution in [2.75, 3.05) is 6.61 Å². The maximum absolute atomic E-state index is 10.3. The Hall–Kier alpha value is -0.730. The van der Waals surface area contributed by atoms with Gasteiger partial charge in [0.15, 0.2) is 6.10 Å². The summed E-state index contributed by atoms with van der Waals surface area (Å²) in [6.07, 6.45) is -5.93. The van der Waals surface area contributed by atoms with Crippen LogP contribution in [-0.2, 0) is 4.79 Å². The van der Waals surface area contributed by atoms with E-state index in [1.165, 1.54) is 0 Å². The van der Waals surface area contributed by atoms with Gasteiger partial charge in [0.2, 0.25) is 0 Å². The van der Waals surface area contributed by atoms with Gasteiger partial charge in [-0.05, 0) is 6.92 Å². The standard InChI is InChI=1S/C7H14O7/c1-7(14,5(11)6(12)13)4(10)3(9)2-8/h3-5,8-11,14H,2H2,1H3,(H,12,13)/t3-,4-,5+,7+/m1/s1. The van der Waals surface area contributed by atoms with E-state index in [0.29, 0.717) is 0 Å². The lowest BCUT2D eigenvalue weighted by Crippen LogP contribution is -2.57. The Kier molecular flexibility index (Phi) is 4.43. The first-order valence-electron chi connectivity index (χ1n) is 3.85. The average Bonchev–Trinajstić information content (AvgIpc) is 2.13. The van der Waals surface area contributed by atoms with Gasteiger partial charge in [0.25, 0.3) is 0 Å². The highest BCUT2D eigenvalue weighted by atomic mass is 16.4. The first-order valence-corrected chi connectivity index (χ1v) is 3.85. The number of rotatable bonds is 5. The van der Waals surface area contributed by atoms with Crippen LogP contribution in [0.2, 0.25) is 0 Å². The summed E-state index contributed by atoms with van der Waals surface area (Å²) < 4.78 is 0. The van der Waals surface area contributed by atoms with Crippen molar-refractivity contribution < 1.29 is 35.4 Å². The summed E-state index contributed by atoms with van der Waals surface area (Å²) in [6.45, 7) is -0.0149. The molecule has 0 saturated heterocycles. The van der Waals surface area contributed by atoms with Gasteiger partial charge in [0, 0.05) is 0 Å². The third-order valence-electron chi connectivity index (χ3n) is 1.94. The Balaban J connectivity index is 4.67. The summed E-state index contributed by atoms with van der Waals surface area (Å²) in [7, 11) is 0. The topological polar surface area (TPSA) is 138 Å². The molecule has 0 aliphatic rings. The lowest BCUT2D eigenvalue weighted by Gasteiger charge is -2.33. The highest BCUT2D eigenvalue weighted by Gasteiger charge is 2.45. The number of carbonyl (C=O) groups is 1. The van der Waals surface area contributed by atoms with Crippen molar-refractivity contribution in [3.8, 4) is 0 Å². The van der Waals surface area contributed by atoms with Gasteiger partial charge in [-0.25, -0.2) is 4.79 Å². The van der Waals surface area contributed by atoms with Gasteiger partial charge >= 0.3 is 5.97 Å². The minimum Gasteiger partial charge on any atom is -0.479 e. The molecule has 0 spiro atoms. The summed E-state index contributed by atoms with van der Waals surface area (Å²) >= 11 is 0. The Morgan fingerprint density at radius 2 is 1.79 bits per heavy atom. The van der Waals surface area contributed by atoms with E-state index in [2.05, 4.69) is 0 Å². The van der Waals surface area contributed by atoms with Crippen LogP contribution in [0.4, 0.5) is 0 Å². The number of hydrogen-bond donors (Lipinski definition) is 6. The van der Waals surface area contributed by atoms with E-state index in [1.54, 1.807) is 0 Å². The largest absolute Gasteiger partial charge is 0.479 e. The number of carboxylic acid groups (broad SMARTS) is 1. The zero-order valence-electron chi connectivity index (χ0n) is 7.53. The van der Waals surface area contributed by atoms with E-state index >= 15 is 0 Å². The number of aliphatic carboxylic acids is 1. The number of aliphatic hydroxyl groups is 5. The second kappa shape index (κ2) is 4.67. The third kappa shape index (κ3) is 2.63. The Morgan fingerprint density at radius 1 is 1.36 bits per heavy atom. The zero-order chi connectivity index (χ0) is 11.5. The summed E-state index contributed by atoms with van der Waals surface area (Å²) in [5.74, 6) is -1.74. The Bertz CT molecular complexity index is 202. The Morgan fingerprint density at radius 3 is 2.07 bits per heavy atom. The van der Waals surface area contributed by atoms with Crippen LogP contribution >= 0.6 is 0 Å². The first kappa shape index (κ1) is 13.3. The van der Waals surface area contributed by atoms with Crippen LogP contribution in [0.15, 0.2) is 0 Å². The fourth-order valence-corrected chi connectivity index (χ4v) is 0.901. The zero-order valence-corrected chi connectivity index (χ0v) is 7.53. The van der Waals surface area contributed by atoms with Crippen molar-refractivity contribution in [3.05, 3.63) is 0 Å². The molecule has 0 heterocycles. The van der Waals surface area contributed by atoms with Crippen molar-refractivity contribution in [1.82, 2.24) is 0 Å². The molecule has 7 heteroatoms. The molecule has 6 N–H and O–H groups in total. The molecule has 7 nitrogen and oxygen atoms in total. The molecular weight excluding hydrogens is 196 g/mol. The van der Waals surface area contributed by atoms with Crippen molar-refractivity contribution in [1.29, 1.82) is 0 Å². The van der Waals surface area contributed by atoms with Crippen LogP contribution < -0.4 is 0 Å². The van der Waals surface area contributed by atoms with Gasteiger partial charge in [-0.1, -0.05) is 0 Å². The van der Waals surface area contributed by atoms with E-state index in [0.717, 1.165) is 6.92 Å². The van der Waals surface area contributed by atoms with Crippen molar-refractivity contribution in [3.63, 3.8) is 0 Å². The monoisotopic (exact) mass is 210 g/mol. The molecule has 0 aliphatic heterocycles. The SMILES string of the molecule is C[C@](O)([C@H](O)[C@H](O)CO)[C@@H](O)C(=O)O. The Labute approximate surface area is 79.9 Å². The molecule has 0 aromatic rings. The van der Waals surface area contributed by atoms with Crippen LogP contribution in [0.1, 0.15) is 6.92 Å². The molecule has 0 aliphatic carbocycles. The number of hydrogen-bond acceptors (Lipinski definition) is 6. The lowest BCUT2D eigenvalue weighted by molar-refractivity contribution is -0.191. The number of aliphatic hydroxyl groups excluding tert-OH is 4. The molecule has 4 atom stereocenters. The van der Waals surface area contributed by atoms with Crippen LogP contribution in [0, 0.1) is 0 Å². The third-order valence-corrected chi connectivity index (χ3v) is 1.94. The smallest absolute Gasteiger partial charge is 0.335 e. The van der Waals surface area contributed by atoms with Gasteiger partial charge in [0.05, 0.1) is 6.61 Å². The molecule has 0 aromatic heterocycles. The van der Waals surface area contributed by atoms with Crippen LogP contribution in [0.25, 0.3) is 0 Å². The highest BCUT2D eigenvalue weighted by Crippen LogP contribution is 2.18. The van der Waals surface area contributed by atoms with Crippen molar-refractivity contribution in [2.24, 2.45) is 0 Å². The second-order valence-corrected chi connectivity index (χ2v) is 3.16. The predicted octanol–water partition coefficient (Wildman–Crippen LogP) is -3.10. The van der Waals surface area contributed by atoms with Gasteiger partial charge in [-0.3, -0.25) is 0 Å². The molecule has 0 saturated carbocycles. The molecular formula is C7H14O7. The highest BCUT2D eigenvalue weighted by molar-refractivity contribution is 5.73. The minimum absolute atomic E-state index is 0.843. The summed E-state index contributed by atoms with van der Waals surface area (Å²) in [5.41, 5.74) is -2.44. The second-order valence-electron chi connectivity index (χ2n) is 3.16. The molecule has 0 aromatic carbocycles. The van der Waals surface area contributed by atoms with E-state index < -0.39 is 36.5 Å². The predicted molar refractivity (Wildman–Crippen MR) is 43.4 cm³/mol. The van der Waals surface area contributed by atoms with Gasteiger partial charge in [-0.2, -0.15) is 0 Å². The maximum Gasteiger partial charge on any atom is 0.335 e. The molecule has 14 heavy (non-hydrogen) atoms. The molecule has 0 rings (SSSR count). The fraction of sp³-hybridized carbons (Fsp3) is 0.857. The van der Waals surface area contributed by atoms with Gasteiger partial charge in [0.1, 0.15) is 17.8 Å².